The molecular weight excluding hydrogens is 466 g/mol. The van der Waals surface area contributed by atoms with Crippen LogP contribution in [0.1, 0.15) is 21.5 Å². The molecule has 4 aromatic carbocycles. The van der Waals surface area contributed by atoms with Gasteiger partial charge in [0.2, 0.25) is 0 Å². The van der Waals surface area contributed by atoms with Crippen LogP contribution in [0.5, 0.6) is 11.5 Å². The number of methoxy groups -OCH3 is 2. The van der Waals surface area contributed by atoms with Crippen LogP contribution in [-0.4, -0.2) is 26.0 Å². The van der Waals surface area contributed by atoms with Gasteiger partial charge in [-0.05, 0) is 60.2 Å². The predicted octanol–water partition coefficient (Wildman–Crippen LogP) is 5.72. The maximum absolute atomic E-state index is 13.4. The van der Waals surface area contributed by atoms with Crippen LogP contribution in [0.4, 0.5) is 17.1 Å². The van der Waals surface area contributed by atoms with E-state index in [0.717, 1.165) is 5.56 Å². The lowest BCUT2D eigenvalue weighted by atomic mass is 9.99. The molecule has 7 nitrogen and oxygen atoms in total. The number of carbonyl (C=O) groups excluding carboxylic acids is 2. The summed E-state index contributed by atoms with van der Waals surface area (Å²) in [5.41, 5.74) is 9.79. The third kappa shape index (κ3) is 6.15. The summed E-state index contributed by atoms with van der Waals surface area (Å²) in [5, 5.41) is 5.74. The second kappa shape index (κ2) is 11.6. The van der Waals surface area contributed by atoms with Crippen molar-refractivity contribution in [1.29, 1.82) is 0 Å². The topological polar surface area (TPSA) is 103 Å². The summed E-state index contributed by atoms with van der Waals surface area (Å²) in [6, 6.07) is 28.5. The van der Waals surface area contributed by atoms with Crippen LogP contribution in [0.25, 0.3) is 11.6 Å². The Morgan fingerprint density at radius 1 is 0.784 bits per heavy atom. The first-order valence-electron chi connectivity index (χ1n) is 11.5. The first-order valence-corrected chi connectivity index (χ1v) is 11.5. The SMILES string of the molecule is COc1ccc(C(=Cc2ccc(C(=O)Nc3ccccc3N)cc2)C(=O)Nc2ccccc2)c(OC)c1. The Morgan fingerprint density at radius 2 is 1.49 bits per heavy atom. The molecule has 186 valence electrons. The fourth-order valence-electron chi connectivity index (χ4n) is 3.71. The Kier molecular flexibility index (Phi) is 7.85. The molecule has 0 aliphatic carbocycles. The van der Waals surface area contributed by atoms with E-state index in [4.69, 9.17) is 15.2 Å². The molecule has 0 unspecified atom stereocenters. The molecule has 0 spiro atoms. The summed E-state index contributed by atoms with van der Waals surface area (Å²) < 4.78 is 10.9. The molecule has 0 saturated heterocycles. The van der Waals surface area contributed by atoms with Gasteiger partial charge < -0.3 is 25.8 Å². The molecule has 2 amide bonds. The first-order chi connectivity index (χ1) is 18.0. The van der Waals surface area contributed by atoms with Crippen molar-refractivity contribution >= 4 is 40.5 Å². The summed E-state index contributed by atoms with van der Waals surface area (Å²) in [6.07, 6.45) is 1.75. The van der Waals surface area contributed by atoms with Gasteiger partial charge in [-0.1, -0.05) is 42.5 Å². The van der Waals surface area contributed by atoms with Crippen LogP contribution in [0, 0.1) is 0 Å². The minimum atomic E-state index is -0.309. The quantitative estimate of drug-likeness (QED) is 0.166. The molecule has 0 fully saturated rings. The van der Waals surface area contributed by atoms with Crippen LogP contribution >= 0.6 is 0 Å². The minimum Gasteiger partial charge on any atom is -0.497 e. The van der Waals surface area contributed by atoms with E-state index in [0.29, 0.717) is 45.3 Å². The number of benzene rings is 4. The number of amides is 2. The maximum atomic E-state index is 13.4. The second-order valence-electron chi connectivity index (χ2n) is 8.11. The van der Waals surface area contributed by atoms with Gasteiger partial charge in [-0.2, -0.15) is 0 Å². The Bertz CT molecular complexity index is 1430. The molecule has 37 heavy (non-hydrogen) atoms. The van der Waals surface area contributed by atoms with Crippen molar-refractivity contribution in [3.8, 4) is 11.5 Å². The number of hydrogen-bond acceptors (Lipinski definition) is 5. The predicted molar refractivity (Wildman–Crippen MR) is 148 cm³/mol. The normalized spacial score (nSPS) is 10.9. The molecule has 0 bridgehead atoms. The highest BCUT2D eigenvalue weighted by Gasteiger charge is 2.18. The number of ether oxygens (including phenoxy) is 2. The van der Waals surface area contributed by atoms with Crippen LogP contribution in [0.15, 0.2) is 97.1 Å². The van der Waals surface area contributed by atoms with Crippen molar-refractivity contribution in [3.05, 3.63) is 114 Å². The molecule has 0 radical (unpaired) electrons. The van der Waals surface area contributed by atoms with E-state index in [1.165, 1.54) is 7.11 Å². The van der Waals surface area contributed by atoms with E-state index in [2.05, 4.69) is 10.6 Å². The van der Waals surface area contributed by atoms with Gasteiger partial charge in [0.15, 0.2) is 0 Å². The molecule has 0 saturated carbocycles. The summed E-state index contributed by atoms with van der Waals surface area (Å²) >= 11 is 0. The summed E-state index contributed by atoms with van der Waals surface area (Å²) in [5.74, 6) is 0.506. The molecule has 0 heterocycles. The van der Waals surface area contributed by atoms with E-state index < -0.39 is 0 Å². The molecule has 0 aromatic heterocycles. The highest BCUT2D eigenvalue weighted by Crippen LogP contribution is 2.32. The molecule has 4 aromatic rings. The average molecular weight is 494 g/mol. The maximum Gasteiger partial charge on any atom is 0.256 e. The van der Waals surface area contributed by atoms with Crippen molar-refractivity contribution in [2.45, 2.75) is 0 Å². The Balaban J connectivity index is 1.66. The van der Waals surface area contributed by atoms with Crippen LogP contribution in [-0.2, 0) is 4.79 Å². The lowest BCUT2D eigenvalue weighted by Crippen LogP contribution is -2.14. The van der Waals surface area contributed by atoms with Gasteiger partial charge in [-0.25, -0.2) is 0 Å². The molecule has 0 atom stereocenters. The zero-order valence-electron chi connectivity index (χ0n) is 20.5. The van der Waals surface area contributed by atoms with Crippen molar-refractivity contribution in [2.24, 2.45) is 0 Å². The van der Waals surface area contributed by atoms with Crippen LogP contribution < -0.4 is 25.8 Å². The van der Waals surface area contributed by atoms with Gasteiger partial charge in [-0.3, -0.25) is 9.59 Å². The van der Waals surface area contributed by atoms with Crippen LogP contribution in [0.2, 0.25) is 0 Å². The van der Waals surface area contributed by atoms with E-state index in [1.807, 2.05) is 30.3 Å². The van der Waals surface area contributed by atoms with Gasteiger partial charge in [0.25, 0.3) is 11.8 Å². The minimum absolute atomic E-state index is 0.285. The molecular formula is C30H27N3O4. The molecule has 0 aliphatic rings. The van der Waals surface area contributed by atoms with Gasteiger partial charge in [0.05, 0.1) is 31.2 Å². The monoisotopic (exact) mass is 493 g/mol. The Morgan fingerprint density at radius 3 is 2.16 bits per heavy atom. The smallest absolute Gasteiger partial charge is 0.256 e. The zero-order valence-corrected chi connectivity index (χ0v) is 20.5. The number of nitrogens with two attached hydrogens (primary N) is 1. The summed E-state index contributed by atoms with van der Waals surface area (Å²) in [7, 11) is 3.11. The van der Waals surface area contributed by atoms with Crippen molar-refractivity contribution in [3.63, 3.8) is 0 Å². The number of rotatable bonds is 8. The Hall–Kier alpha value is -5.04. The molecule has 0 aliphatic heterocycles. The standard InChI is InChI=1S/C30H27N3O4/c1-36-23-16-17-24(28(19-23)37-2)25(30(35)32-22-8-4-3-5-9-22)18-20-12-14-21(15-13-20)29(34)33-27-11-7-6-10-26(27)31/h3-19H,31H2,1-2H3,(H,32,35)(H,33,34). The average Bonchev–Trinajstić information content (AvgIpc) is 2.93. The number of para-hydroxylation sites is 3. The fraction of sp³-hybridized carbons (Fsp3) is 0.0667. The van der Waals surface area contributed by atoms with Gasteiger partial charge >= 0.3 is 0 Å². The van der Waals surface area contributed by atoms with Gasteiger partial charge in [0.1, 0.15) is 11.5 Å². The number of carbonyl (C=O) groups is 2. The number of nitrogens with one attached hydrogen (secondary N) is 2. The van der Waals surface area contributed by atoms with Gasteiger partial charge in [-0.15, -0.1) is 0 Å². The zero-order chi connectivity index (χ0) is 26.2. The van der Waals surface area contributed by atoms with Gasteiger partial charge in [0, 0.05) is 22.9 Å². The highest BCUT2D eigenvalue weighted by atomic mass is 16.5. The number of nitrogen functional groups attached to an aromatic ring is 1. The lowest BCUT2D eigenvalue weighted by Gasteiger charge is -2.14. The van der Waals surface area contributed by atoms with E-state index in [9.17, 15) is 9.59 Å². The lowest BCUT2D eigenvalue weighted by molar-refractivity contribution is -0.111. The highest BCUT2D eigenvalue weighted by molar-refractivity contribution is 6.29. The van der Waals surface area contributed by atoms with E-state index in [-0.39, 0.29) is 11.8 Å². The van der Waals surface area contributed by atoms with E-state index in [1.54, 1.807) is 79.9 Å². The fourth-order valence-corrected chi connectivity index (χ4v) is 3.71. The molecule has 4 N–H and O–H groups in total. The molecule has 7 heteroatoms. The third-order valence-corrected chi connectivity index (χ3v) is 5.67. The van der Waals surface area contributed by atoms with Crippen molar-refractivity contribution in [2.75, 3.05) is 30.6 Å². The second-order valence-corrected chi connectivity index (χ2v) is 8.11. The van der Waals surface area contributed by atoms with Crippen molar-refractivity contribution in [1.82, 2.24) is 0 Å². The number of anilines is 3. The Labute approximate surface area is 215 Å². The number of hydrogen-bond donors (Lipinski definition) is 3. The third-order valence-electron chi connectivity index (χ3n) is 5.67. The van der Waals surface area contributed by atoms with Crippen LogP contribution in [0.3, 0.4) is 0 Å². The summed E-state index contributed by atoms with van der Waals surface area (Å²) in [6.45, 7) is 0. The largest absolute Gasteiger partial charge is 0.497 e. The van der Waals surface area contributed by atoms with E-state index >= 15 is 0 Å². The molecule has 4 rings (SSSR count). The summed E-state index contributed by atoms with van der Waals surface area (Å²) in [4.78, 5) is 26.1. The first kappa shape index (κ1) is 25.1. The van der Waals surface area contributed by atoms with Crippen molar-refractivity contribution < 1.29 is 19.1 Å².